The van der Waals surface area contributed by atoms with Crippen LogP contribution < -0.4 is 0 Å². The molecule has 0 saturated carbocycles. The summed E-state index contributed by atoms with van der Waals surface area (Å²) >= 11 is 1.81. The van der Waals surface area contributed by atoms with Crippen molar-refractivity contribution in [2.45, 2.75) is 18.9 Å². The van der Waals surface area contributed by atoms with E-state index >= 15 is 0 Å². The van der Waals surface area contributed by atoms with Crippen molar-refractivity contribution in [2.75, 3.05) is 13.6 Å². The summed E-state index contributed by atoms with van der Waals surface area (Å²) in [6, 6.07) is 16.0. The number of rotatable bonds is 4. The molecule has 0 fully saturated rings. The first-order chi connectivity index (χ1) is 16.9. The third-order valence-electron chi connectivity index (χ3n) is 5.86. The highest BCUT2D eigenvalue weighted by Gasteiger charge is 2.23. The molecule has 5 rings (SSSR count). The number of carbonyl (C=O) groups is 2. The Balaban J connectivity index is 0.000000314. The van der Waals surface area contributed by atoms with E-state index in [0.717, 1.165) is 30.8 Å². The fourth-order valence-electron chi connectivity index (χ4n) is 4.26. The van der Waals surface area contributed by atoms with E-state index in [1.165, 1.54) is 26.8 Å². The predicted octanol–water partition coefficient (Wildman–Crippen LogP) is 5.04. The summed E-state index contributed by atoms with van der Waals surface area (Å²) in [7, 11) is 2.21. The normalized spacial score (nSPS) is 15.7. The molecule has 3 heterocycles. The molecule has 2 N–H and O–H groups in total. The summed E-state index contributed by atoms with van der Waals surface area (Å²) < 4.78 is 1.36. The molecule has 2 aromatic heterocycles. The van der Waals surface area contributed by atoms with Crippen LogP contribution in [0.5, 0.6) is 0 Å². The molecular formula is C27H25N3O4S. The Morgan fingerprint density at radius 1 is 1.06 bits per heavy atom. The van der Waals surface area contributed by atoms with Gasteiger partial charge in [-0.05, 0) is 71.7 Å². The lowest BCUT2D eigenvalue weighted by Crippen LogP contribution is -2.17. The number of carboxylic acid groups (broad SMARTS) is 2. The van der Waals surface area contributed by atoms with Crippen LogP contribution in [0, 0.1) is 0 Å². The fraction of sp³-hybridized carbons (Fsp3) is 0.185. The van der Waals surface area contributed by atoms with Gasteiger partial charge < -0.3 is 15.1 Å². The maximum Gasteiger partial charge on any atom is 0.328 e. The van der Waals surface area contributed by atoms with Crippen molar-refractivity contribution in [2.24, 2.45) is 0 Å². The second-order valence-electron chi connectivity index (χ2n) is 8.31. The van der Waals surface area contributed by atoms with E-state index in [4.69, 9.17) is 10.2 Å². The molecular weight excluding hydrogens is 462 g/mol. The number of fused-ring (bicyclic) bond motifs is 2. The van der Waals surface area contributed by atoms with E-state index < -0.39 is 11.9 Å². The number of aliphatic carboxylic acids is 2. The zero-order valence-corrected chi connectivity index (χ0v) is 20.0. The molecule has 0 amide bonds. The van der Waals surface area contributed by atoms with Gasteiger partial charge in [0, 0.05) is 47.3 Å². The van der Waals surface area contributed by atoms with Gasteiger partial charge in [-0.3, -0.25) is 9.97 Å². The SMILES string of the molecule is CN1CCC(c2ccc3sccc3c2)c2ccc(-c3cnccn3)cc2C1.O=C(O)/C=C\C(=O)O. The molecule has 7 nitrogen and oxygen atoms in total. The lowest BCUT2D eigenvalue weighted by atomic mass is 9.85. The Kier molecular flexibility index (Phi) is 7.64. The van der Waals surface area contributed by atoms with Gasteiger partial charge in [-0.1, -0.05) is 18.2 Å². The average molecular weight is 488 g/mol. The van der Waals surface area contributed by atoms with Gasteiger partial charge in [-0.15, -0.1) is 11.3 Å². The molecule has 2 aromatic carbocycles. The maximum atomic E-state index is 9.55. The molecule has 178 valence electrons. The van der Waals surface area contributed by atoms with Gasteiger partial charge in [0.15, 0.2) is 0 Å². The second-order valence-corrected chi connectivity index (χ2v) is 9.26. The molecule has 1 aliphatic rings. The largest absolute Gasteiger partial charge is 0.478 e. The van der Waals surface area contributed by atoms with E-state index in [9.17, 15) is 9.59 Å². The molecule has 1 aliphatic heterocycles. The van der Waals surface area contributed by atoms with Crippen LogP contribution in [-0.4, -0.2) is 50.6 Å². The van der Waals surface area contributed by atoms with Crippen LogP contribution in [0.25, 0.3) is 21.3 Å². The second kappa shape index (κ2) is 11.0. The quantitative estimate of drug-likeness (QED) is 0.389. The van der Waals surface area contributed by atoms with E-state index in [0.29, 0.717) is 18.1 Å². The summed E-state index contributed by atoms with van der Waals surface area (Å²) in [5.74, 6) is -2.08. The summed E-state index contributed by atoms with van der Waals surface area (Å²) in [4.78, 5) is 30.2. The average Bonchev–Trinajstić information content (AvgIpc) is 3.26. The van der Waals surface area contributed by atoms with Crippen molar-refractivity contribution in [3.63, 3.8) is 0 Å². The number of aromatic nitrogens is 2. The Morgan fingerprint density at radius 2 is 1.86 bits per heavy atom. The van der Waals surface area contributed by atoms with Crippen LogP contribution >= 0.6 is 11.3 Å². The number of carboxylic acids is 2. The monoisotopic (exact) mass is 487 g/mol. The van der Waals surface area contributed by atoms with Gasteiger partial charge >= 0.3 is 11.9 Å². The third kappa shape index (κ3) is 6.17. The number of hydrogen-bond acceptors (Lipinski definition) is 6. The van der Waals surface area contributed by atoms with Crippen molar-refractivity contribution in [1.82, 2.24) is 14.9 Å². The van der Waals surface area contributed by atoms with E-state index in [-0.39, 0.29) is 0 Å². The van der Waals surface area contributed by atoms with E-state index in [1.54, 1.807) is 12.4 Å². The smallest absolute Gasteiger partial charge is 0.328 e. The van der Waals surface area contributed by atoms with Gasteiger partial charge in [0.1, 0.15) is 0 Å². The zero-order chi connectivity index (χ0) is 24.8. The van der Waals surface area contributed by atoms with Gasteiger partial charge in [0.2, 0.25) is 0 Å². The Hall–Kier alpha value is -3.88. The molecule has 8 heteroatoms. The minimum Gasteiger partial charge on any atom is -0.478 e. The summed E-state index contributed by atoms with van der Waals surface area (Å²) in [5.41, 5.74) is 6.34. The first-order valence-corrected chi connectivity index (χ1v) is 12.0. The van der Waals surface area contributed by atoms with Crippen LogP contribution in [-0.2, 0) is 16.1 Å². The Morgan fingerprint density at radius 3 is 2.57 bits per heavy atom. The highest BCUT2D eigenvalue weighted by molar-refractivity contribution is 7.17. The summed E-state index contributed by atoms with van der Waals surface area (Å²) in [6.07, 6.45) is 7.57. The first-order valence-electron chi connectivity index (χ1n) is 11.1. The van der Waals surface area contributed by atoms with Crippen LogP contribution in [0.3, 0.4) is 0 Å². The van der Waals surface area contributed by atoms with Gasteiger partial charge in [0.25, 0.3) is 0 Å². The zero-order valence-electron chi connectivity index (χ0n) is 19.2. The number of thiophene rings is 1. The fourth-order valence-corrected chi connectivity index (χ4v) is 5.03. The minimum absolute atomic E-state index is 0.435. The van der Waals surface area contributed by atoms with Crippen LogP contribution in [0.1, 0.15) is 29.0 Å². The van der Waals surface area contributed by atoms with Crippen molar-refractivity contribution < 1.29 is 19.8 Å². The van der Waals surface area contributed by atoms with Crippen LogP contribution in [0.4, 0.5) is 0 Å². The first kappa shape index (κ1) is 24.3. The minimum atomic E-state index is -1.26. The van der Waals surface area contributed by atoms with Crippen molar-refractivity contribution >= 4 is 33.4 Å². The lowest BCUT2D eigenvalue weighted by Gasteiger charge is -2.19. The number of hydrogen-bond donors (Lipinski definition) is 2. The van der Waals surface area contributed by atoms with Crippen molar-refractivity contribution in [3.8, 4) is 11.3 Å². The maximum absolute atomic E-state index is 9.55. The Bertz CT molecular complexity index is 1350. The highest BCUT2D eigenvalue weighted by atomic mass is 32.1. The van der Waals surface area contributed by atoms with Gasteiger partial charge in [-0.2, -0.15) is 0 Å². The highest BCUT2D eigenvalue weighted by Crippen LogP contribution is 2.37. The lowest BCUT2D eigenvalue weighted by molar-refractivity contribution is -0.134. The molecule has 1 atom stereocenters. The molecule has 35 heavy (non-hydrogen) atoms. The van der Waals surface area contributed by atoms with Crippen molar-refractivity contribution in [3.05, 3.63) is 95.3 Å². The van der Waals surface area contributed by atoms with Gasteiger partial charge in [0.05, 0.1) is 11.9 Å². The molecule has 0 aliphatic carbocycles. The Labute approximate surface area is 207 Å². The molecule has 0 saturated heterocycles. The summed E-state index contributed by atoms with van der Waals surface area (Å²) in [6.45, 7) is 2.07. The van der Waals surface area contributed by atoms with Crippen LogP contribution in [0.15, 0.2) is 78.6 Å². The standard InChI is InChI=1S/C23H21N3S.C4H4O4/c1-26-10-6-21(16-3-5-23-18(12-16)7-11-27-23)20-4-2-17(13-19(20)15-26)22-14-24-8-9-25-22;5-3(6)1-2-4(7)8/h2-5,7-9,11-14,21H,6,10,15H2,1H3;1-2H,(H,5,6)(H,7,8)/b;2-1-. The molecule has 0 bridgehead atoms. The van der Waals surface area contributed by atoms with Crippen LogP contribution in [0.2, 0.25) is 0 Å². The number of benzene rings is 2. The topological polar surface area (TPSA) is 104 Å². The molecule has 1 unspecified atom stereocenters. The molecule has 0 spiro atoms. The summed E-state index contributed by atoms with van der Waals surface area (Å²) in [5, 5.41) is 19.2. The van der Waals surface area contributed by atoms with Crippen molar-refractivity contribution in [1.29, 1.82) is 0 Å². The molecule has 0 radical (unpaired) electrons. The van der Waals surface area contributed by atoms with E-state index in [2.05, 4.69) is 69.8 Å². The number of nitrogens with zero attached hydrogens (tertiary/aromatic N) is 3. The third-order valence-corrected chi connectivity index (χ3v) is 6.76. The predicted molar refractivity (Wildman–Crippen MR) is 136 cm³/mol. The van der Waals surface area contributed by atoms with Gasteiger partial charge in [-0.25, -0.2) is 9.59 Å². The van der Waals surface area contributed by atoms with E-state index in [1.807, 2.05) is 17.5 Å². The molecule has 4 aromatic rings.